The molecule has 0 spiro atoms. The van der Waals surface area contributed by atoms with Crippen molar-refractivity contribution in [1.82, 2.24) is 0 Å². The minimum absolute atomic E-state index is 0.306. The summed E-state index contributed by atoms with van der Waals surface area (Å²) < 4.78 is 35.6. The second-order valence-corrected chi connectivity index (χ2v) is 3.41. The number of rotatable bonds is 2. The summed E-state index contributed by atoms with van der Waals surface area (Å²) in [5.41, 5.74) is 7.06. The quantitative estimate of drug-likeness (QED) is 0.769. The van der Waals surface area contributed by atoms with Crippen molar-refractivity contribution >= 4 is 17.3 Å². The third kappa shape index (κ3) is 3.80. The lowest BCUT2D eigenvalue weighted by molar-refractivity contribution is -0.150. The highest BCUT2D eigenvalue weighted by molar-refractivity contribution is 5.91. The van der Waals surface area contributed by atoms with Gasteiger partial charge in [-0.1, -0.05) is 0 Å². The molecule has 6 heteroatoms. The van der Waals surface area contributed by atoms with Crippen LogP contribution in [0.2, 0.25) is 0 Å². The number of nitrogens with one attached hydrogen (secondary N) is 1. The van der Waals surface area contributed by atoms with Crippen molar-refractivity contribution in [2.75, 3.05) is 11.1 Å². The van der Waals surface area contributed by atoms with Crippen LogP contribution in [-0.2, 0) is 4.79 Å². The van der Waals surface area contributed by atoms with Gasteiger partial charge in [0.05, 0.1) is 0 Å². The molecule has 0 aliphatic heterocycles. The van der Waals surface area contributed by atoms with E-state index in [0.717, 1.165) is 0 Å². The summed E-state index contributed by atoms with van der Waals surface area (Å²) in [7, 11) is 0. The Bertz CT molecular complexity index is 402. The zero-order valence-electron chi connectivity index (χ0n) is 8.56. The minimum Gasteiger partial charge on any atom is -0.399 e. The van der Waals surface area contributed by atoms with Gasteiger partial charge in [0.25, 0.3) is 0 Å². The number of nitrogen functional groups attached to an aromatic ring is 1. The summed E-state index contributed by atoms with van der Waals surface area (Å²) >= 11 is 0. The van der Waals surface area contributed by atoms with Crippen LogP contribution >= 0.6 is 0 Å². The van der Waals surface area contributed by atoms with Gasteiger partial charge < -0.3 is 11.1 Å². The first-order valence-electron chi connectivity index (χ1n) is 4.50. The van der Waals surface area contributed by atoms with Crippen LogP contribution in [0.3, 0.4) is 0 Å². The van der Waals surface area contributed by atoms with Gasteiger partial charge in [0, 0.05) is 11.4 Å². The van der Waals surface area contributed by atoms with E-state index in [1.54, 1.807) is 6.92 Å². The Hall–Kier alpha value is -1.72. The van der Waals surface area contributed by atoms with E-state index in [2.05, 4.69) is 5.32 Å². The Morgan fingerprint density at radius 2 is 2.06 bits per heavy atom. The Morgan fingerprint density at radius 1 is 1.44 bits per heavy atom. The molecule has 3 N–H and O–H groups in total. The Morgan fingerprint density at radius 3 is 2.56 bits per heavy atom. The average molecular weight is 232 g/mol. The highest BCUT2D eigenvalue weighted by Crippen LogP contribution is 2.21. The summed E-state index contributed by atoms with van der Waals surface area (Å²) in [5, 5.41) is 2.15. The molecule has 1 rings (SSSR count). The second kappa shape index (κ2) is 4.42. The van der Waals surface area contributed by atoms with E-state index in [0.29, 0.717) is 16.9 Å². The normalized spacial score (nSPS) is 11.2. The molecular weight excluding hydrogens is 221 g/mol. The van der Waals surface area contributed by atoms with E-state index in [4.69, 9.17) is 5.73 Å². The summed E-state index contributed by atoms with van der Waals surface area (Å²) in [4.78, 5) is 11.0. The number of carbonyl (C=O) groups excluding carboxylic acids is 1. The average Bonchev–Trinajstić information content (AvgIpc) is 2.08. The lowest BCUT2D eigenvalue weighted by Crippen LogP contribution is -2.21. The van der Waals surface area contributed by atoms with Crippen LogP contribution in [0.1, 0.15) is 12.0 Å². The largest absolute Gasteiger partial charge is 0.399 e. The van der Waals surface area contributed by atoms with Gasteiger partial charge in [0.2, 0.25) is 5.91 Å². The van der Waals surface area contributed by atoms with Crippen molar-refractivity contribution in [2.45, 2.75) is 19.5 Å². The molecule has 0 aliphatic carbocycles. The molecular formula is C10H11F3N2O. The van der Waals surface area contributed by atoms with Gasteiger partial charge in [-0.3, -0.25) is 4.79 Å². The number of hydrogen-bond acceptors (Lipinski definition) is 2. The fraction of sp³-hybridized carbons (Fsp3) is 0.300. The van der Waals surface area contributed by atoms with Gasteiger partial charge in [-0.25, -0.2) is 0 Å². The van der Waals surface area contributed by atoms with Crippen molar-refractivity contribution in [1.29, 1.82) is 0 Å². The molecule has 0 heterocycles. The summed E-state index contributed by atoms with van der Waals surface area (Å²) in [6.45, 7) is 1.70. The number of carbonyl (C=O) groups is 1. The molecule has 1 aromatic rings. The monoisotopic (exact) mass is 232 g/mol. The summed E-state index contributed by atoms with van der Waals surface area (Å²) in [6.07, 6.45) is -5.98. The van der Waals surface area contributed by atoms with Gasteiger partial charge in [0.1, 0.15) is 6.42 Å². The molecule has 0 saturated carbocycles. The molecule has 0 aliphatic rings. The van der Waals surface area contributed by atoms with E-state index >= 15 is 0 Å². The van der Waals surface area contributed by atoms with Crippen LogP contribution in [-0.4, -0.2) is 12.1 Å². The first kappa shape index (κ1) is 12.4. The van der Waals surface area contributed by atoms with E-state index in [1.807, 2.05) is 0 Å². The molecule has 0 aromatic heterocycles. The van der Waals surface area contributed by atoms with E-state index in [9.17, 15) is 18.0 Å². The third-order valence-electron chi connectivity index (χ3n) is 1.91. The summed E-state index contributed by atoms with van der Waals surface area (Å²) in [5.74, 6) is -1.09. The van der Waals surface area contributed by atoms with Crippen LogP contribution in [0.5, 0.6) is 0 Å². The first-order chi connectivity index (χ1) is 7.28. The Labute approximate surface area is 90.4 Å². The van der Waals surface area contributed by atoms with E-state index in [1.165, 1.54) is 18.2 Å². The van der Waals surface area contributed by atoms with Crippen LogP contribution in [0, 0.1) is 6.92 Å². The van der Waals surface area contributed by atoms with Crippen LogP contribution in [0.25, 0.3) is 0 Å². The molecule has 0 fully saturated rings. The predicted octanol–water partition coefficient (Wildman–Crippen LogP) is 2.47. The van der Waals surface area contributed by atoms with Gasteiger partial charge >= 0.3 is 6.18 Å². The third-order valence-corrected chi connectivity index (χ3v) is 1.91. The molecule has 1 amide bonds. The first-order valence-corrected chi connectivity index (χ1v) is 4.50. The molecule has 1 aromatic carbocycles. The van der Waals surface area contributed by atoms with Crippen molar-refractivity contribution in [3.8, 4) is 0 Å². The molecule has 0 saturated heterocycles. The lowest BCUT2D eigenvalue weighted by Gasteiger charge is -2.09. The minimum atomic E-state index is -4.49. The van der Waals surface area contributed by atoms with Gasteiger partial charge in [-0.15, -0.1) is 0 Å². The maximum atomic E-state index is 11.9. The zero-order chi connectivity index (χ0) is 12.3. The molecule has 0 atom stereocenters. The van der Waals surface area contributed by atoms with Crippen molar-refractivity contribution in [2.24, 2.45) is 0 Å². The molecule has 88 valence electrons. The van der Waals surface area contributed by atoms with Gasteiger partial charge in [-0.05, 0) is 30.7 Å². The highest BCUT2D eigenvalue weighted by Gasteiger charge is 2.31. The van der Waals surface area contributed by atoms with E-state index < -0.39 is 18.5 Å². The maximum absolute atomic E-state index is 11.9. The van der Waals surface area contributed by atoms with Crippen LogP contribution < -0.4 is 11.1 Å². The fourth-order valence-corrected chi connectivity index (χ4v) is 1.14. The topological polar surface area (TPSA) is 55.1 Å². The van der Waals surface area contributed by atoms with Crippen molar-refractivity contribution in [3.63, 3.8) is 0 Å². The number of benzene rings is 1. The van der Waals surface area contributed by atoms with Crippen molar-refractivity contribution < 1.29 is 18.0 Å². The summed E-state index contributed by atoms with van der Waals surface area (Å²) in [6, 6.07) is 4.50. The molecule has 0 radical (unpaired) electrons. The van der Waals surface area contributed by atoms with Gasteiger partial charge in [-0.2, -0.15) is 13.2 Å². The number of anilines is 2. The zero-order valence-corrected chi connectivity index (χ0v) is 8.56. The number of hydrogen-bond donors (Lipinski definition) is 2. The van der Waals surface area contributed by atoms with Crippen LogP contribution in [0.4, 0.5) is 24.5 Å². The predicted molar refractivity (Wildman–Crippen MR) is 54.9 cm³/mol. The Kier molecular flexibility index (Phi) is 3.41. The number of aryl methyl sites for hydroxylation is 1. The lowest BCUT2D eigenvalue weighted by atomic mass is 10.2. The number of alkyl halides is 3. The smallest absolute Gasteiger partial charge is 0.397 e. The molecule has 16 heavy (non-hydrogen) atoms. The fourth-order valence-electron chi connectivity index (χ4n) is 1.14. The SMILES string of the molecule is Cc1cc(NC(=O)CC(F)(F)F)ccc1N. The Balaban J connectivity index is 2.67. The molecule has 0 bridgehead atoms. The standard InChI is InChI=1S/C10H11F3N2O/c1-6-4-7(2-3-8(6)14)15-9(16)5-10(11,12)13/h2-4H,5,14H2,1H3,(H,15,16). The van der Waals surface area contributed by atoms with Gasteiger partial charge in [0.15, 0.2) is 0 Å². The second-order valence-electron chi connectivity index (χ2n) is 3.41. The number of amides is 1. The van der Waals surface area contributed by atoms with Crippen molar-refractivity contribution in [3.05, 3.63) is 23.8 Å². The number of halogens is 3. The highest BCUT2D eigenvalue weighted by atomic mass is 19.4. The molecule has 3 nitrogen and oxygen atoms in total. The number of nitrogens with two attached hydrogens (primary N) is 1. The molecule has 0 unspecified atom stereocenters. The maximum Gasteiger partial charge on any atom is 0.397 e. The van der Waals surface area contributed by atoms with E-state index in [-0.39, 0.29) is 0 Å². The van der Waals surface area contributed by atoms with Crippen LogP contribution in [0.15, 0.2) is 18.2 Å².